The summed E-state index contributed by atoms with van der Waals surface area (Å²) in [5, 5.41) is 3.54. The summed E-state index contributed by atoms with van der Waals surface area (Å²) in [6.07, 6.45) is 1.34. The van der Waals surface area contributed by atoms with Gasteiger partial charge in [-0.3, -0.25) is 4.79 Å². The van der Waals surface area contributed by atoms with Crippen molar-refractivity contribution in [3.05, 3.63) is 63.7 Å². The highest BCUT2D eigenvalue weighted by Gasteiger charge is 2.32. The van der Waals surface area contributed by atoms with Crippen molar-refractivity contribution in [2.75, 3.05) is 18.4 Å². The molecule has 7 heteroatoms. The number of carbonyl (C=O) groups excluding carboxylic acids is 1. The van der Waals surface area contributed by atoms with Crippen LogP contribution in [0.4, 0.5) is 5.69 Å². The molecule has 2 aromatic carbocycles. The van der Waals surface area contributed by atoms with Crippen molar-refractivity contribution >= 4 is 33.2 Å². The summed E-state index contributed by atoms with van der Waals surface area (Å²) in [5.74, 6) is -0.598. The van der Waals surface area contributed by atoms with Crippen LogP contribution >= 0.6 is 11.6 Å². The number of halogens is 1. The molecule has 0 aliphatic carbocycles. The first kappa shape index (κ1) is 21.8. The second-order valence-corrected chi connectivity index (χ2v) is 10.3. The summed E-state index contributed by atoms with van der Waals surface area (Å²) in [4.78, 5) is 12.9. The molecule has 2 aromatic rings. The molecule has 1 amide bonds. The maximum Gasteiger partial charge on any atom is 0.228 e. The van der Waals surface area contributed by atoms with Crippen molar-refractivity contribution in [2.24, 2.45) is 5.92 Å². The lowest BCUT2D eigenvalue weighted by atomic mass is 9.98. The van der Waals surface area contributed by atoms with Gasteiger partial charge in [-0.1, -0.05) is 41.4 Å². The Morgan fingerprint density at radius 2 is 1.86 bits per heavy atom. The fraction of sp³-hybridized carbons (Fsp3) is 0.409. The van der Waals surface area contributed by atoms with E-state index in [9.17, 15) is 13.2 Å². The van der Waals surface area contributed by atoms with Gasteiger partial charge in [-0.15, -0.1) is 0 Å². The number of hydrogen-bond donors (Lipinski definition) is 1. The molecule has 3 rings (SSSR count). The third-order valence-corrected chi connectivity index (χ3v) is 7.36. The fourth-order valence-electron chi connectivity index (χ4n) is 3.94. The van der Waals surface area contributed by atoms with E-state index >= 15 is 0 Å². The van der Waals surface area contributed by atoms with Crippen LogP contribution in [-0.2, 0) is 20.6 Å². The minimum atomic E-state index is -3.52. The number of amides is 1. The van der Waals surface area contributed by atoms with Gasteiger partial charge < -0.3 is 5.32 Å². The number of hydrogen-bond acceptors (Lipinski definition) is 3. The highest BCUT2D eigenvalue weighted by atomic mass is 35.5. The lowest BCUT2D eigenvalue weighted by molar-refractivity contribution is -0.120. The predicted molar refractivity (Wildman–Crippen MR) is 118 cm³/mol. The predicted octanol–water partition coefficient (Wildman–Crippen LogP) is 4.45. The number of piperidine rings is 1. The van der Waals surface area contributed by atoms with Crippen molar-refractivity contribution in [3.63, 3.8) is 0 Å². The molecule has 156 valence electrons. The molecule has 29 heavy (non-hydrogen) atoms. The smallest absolute Gasteiger partial charge is 0.228 e. The maximum atomic E-state index is 12.9. The molecular formula is C22H27ClN2O3S. The zero-order valence-corrected chi connectivity index (χ0v) is 18.6. The lowest BCUT2D eigenvalue weighted by Crippen LogP contribution is -2.44. The Labute approximate surface area is 178 Å². The zero-order chi connectivity index (χ0) is 21.2. The van der Waals surface area contributed by atoms with E-state index in [0.717, 1.165) is 22.4 Å². The van der Waals surface area contributed by atoms with E-state index in [0.29, 0.717) is 30.0 Å². The average molecular weight is 435 g/mol. The van der Waals surface area contributed by atoms with Gasteiger partial charge in [0.1, 0.15) is 0 Å². The van der Waals surface area contributed by atoms with Gasteiger partial charge in [0.15, 0.2) is 0 Å². The van der Waals surface area contributed by atoms with Crippen molar-refractivity contribution in [2.45, 2.75) is 39.4 Å². The molecule has 0 aromatic heterocycles. The molecule has 5 nitrogen and oxygen atoms in total. The second-order valence-electron chi connectivity index (χ2n) is 7.85. The molecule has 1 saturated heterocycles. The molecule has 1 N–H and O–H groups in total. The number of carbonyl (C=O) groups is 1. The van der Waals surface area contributed by atoms with Crippen LogP contribution in [0, 0.1) is 26.7 Å². The molecule has 0 unspecified atom stereocenters. The van der Waals surface area contributed by atoms with Crippen molar-refractivity contribution in [1.29, 1.82) is 0 Å². The summed E-state index contributed by atoms with van der Waals surface area (Å²) < 4.78 is 27.2. The number of nitrogens with one attached hydrogen (secondary N) is 1. The van der Waals surface area contributed by atoms with Gasteiger partial charge >= 0.3 is 0 Å². The maximum absolute atomic E-state index is 12.9. The molecule has 0 radical (unpaired) electrons. The standard InChI is InChI=1S/C22H27ClN2O3S/c1-15-10-16(2)21(17(3)11-15)24-22(26)19-7-5-9-25(13-19)29(27,28)14-18-6-4-8-20(23)12-18/h4,6,8,10-12,19H,5,7,9,13-14H2,1-3H3,(H,24,26)/t19-/m1/s1. The third kappa shape index (κ3) is 5.38. The zero-order valence-electron chi connectivity index (χ0n) is 17.0. The van der Waals surface area contributed by atoms with E-state index in [1.54, 1.807) is 24.3 Å². The molecule has 0 spiro atoms. The third-order valence-electron chi connectivity index (χ3n) is 5.31. The van der Waals surface area contributed by atoms with E-state index in [4.69, 9.17) is 11.6 Å². The van der Waals surface area contributed by atoms with Gasteiger partial charge in [-0.25, -0.2) is 12.7 Å². The molecule has 1 fully saturated rings. The van der Waals surface area contributed by atoms with Crippen LogP contribution < -0.4 is 5.32 Å². The number of rotatable bonds is 5. The Kier molecular flexibility index (Phi) is 6.66. The van der Waals surface area contributed by atoms with E-state index in [2.05, 4.69) is 5.32 Å². The van der Waals surface area contributed by atoms with Crippen LogP contribution in [-0.4, -0.2) is 31.7 Å². The SMILES string of the molecule is Cc1cc(C)c(NC(=O)[C@@H]2CCCN(S(=O)(=O)Cc3cccc(Cl)c3)C2)c(C)c1. The van der Waals surface area contributed by atoms with Gasteiger partial charge in [0.25, 0.3) is 0 Å². The van der Waals surface area contributed by atoms with Crippen LogP contribution in [0.3, 0.4) is 0 Å². The van der Waals surface area contributed by atoms with Gasteiger partial charge in [-0.05, 0) is 62.4 Å². The molecule has 1 aliphatic rings. The Hall–Kier alpha value is -1.89. The van der Waals surface area contributed by atoms with Crippen LogP contribution in [0.5, 0.6) is 0 Å². The van der Waals surface area contributed by atoms with Gasteiger partial charge in [-0.2, -0.15) is 0 Å². The first-order valence-electron chi connectivity index (χ1n) is 9.76. The van der Waals surface area contributed by atoms with Crippen LogP contribution in [0.1, 0.15) is 35.1 Å². The van der Waals surface area contributed by atoms with E-state index < -0.39 is 10.0 Å². The second kappa shape index (κ2) is 8.86. The topological polar surface area (TPSA) is 66.5 Å². The van der Waals surface area contributed by atoms with Gasteiger partial charge in [0.2, 0.25) is 15.9 Å². The first-order chi connectivity index (χ1) is 13.7. The minimum Gasteiger partial charge on any atom is -0.325 e. The molecule has 1 atom stereocenters. The van der Waals surface area contributed by atoms with E-state index in [-0.39, 0.29) is 24.1 Å². The summed E-state index contributed by atoms with van der Waals surface area (Å²) in [6, 6.07) is 10.9. The average Bonchev–Trinajstić information content (AvgIpc) is 2.64. The number of aryl methyl sites for hydroxylation is 3. The summed E-state index contributed by atoms with van der Waals surface area (Å²) >= 11 is 5.98. The summed E-state index contributed by atoms with van der Waals surface area (Å²) in [6.45, 7) is 6.61. The number of benzene rings is 2. The van der Waals surface area contributed by atoms with Crippen molar-refractivity contribution in [3.8, 4) is 0 Å². The molecule has 0 bridgehead atoms. The van der Waals surface area contributed by atoms with Crippen LogP contribution in [0.25, 0.3) is 0 Å². The van der Waals surface area contributed by atoms with E-state index in [1.165, 1.54) is 4.31 Å². The summed E-state index contributed by atoms with van der Waals surface area (Å²) in [5.41, 5.74) is 4.64. The number of sulfonamides is 1. The highest BCUT2D eigenvalue weighted by Crippen LogP contribution is 2.26. The van der Waals surface area contributed by atoms with Crippen LogP contribution in [0.2, 0.25) is 5.02 Å². The Morgan fingerprint density at radius 3 is 2.52 bits per heavy atom. The van der Waals surface area contributed by atoms with Crippen molar-refractivity contribution < 1.29 is 13.2 Å². The molecular weight excluding hydrogens is 408 g/mol. The normalized spacial score (nSPS) is 17.9. The Morgan fingerprint density at radius 1 is 1.17 bits per heavy atom. The van der Waals surface area contributed by atoms with Gasteiger partial charge in [0.05, 0.1) is 11.7 Å². The minimum absolute atomic E-state index is 0.113. The lowest BCUT2D eigenvalue weighted by Gasteiger charge is -2.31. The highest BCUT2D eigenvalue weighted by molar-refractivity contribution is 7.88. The van der Waals surface area contributed by atoms with Crippen molar-refractivity contribution in [1.82, 2.24) is 4.31 Å². The fourth-order valence-corrected chi connectivity index (χ4v) is 5.75. The number of nitrogens with zero attached hydrogens (tertiary/aromatic N) is 1. The molecule has 1 aliphatic heterocycles. The molecule has 1 heterocycles. The quantitative estimate of drug-likeness (QED) is 0.756. The molecule has 0 saturated carbocycles. The Bertz CT molecular complexity index is 997. The van der Waals surface area contributed by atoms with Crippen LogP contribution in [0.15, 0.2) is 36.4 Å². The largest absolute Gasteiger partial charge is 0.325 e. The number of anilines is 1. The summed E-state index contributed by atoms with van der Waals surface area (Å²) in [7, 11) is -3.52. The monoisotopic (exact) mass is 434 g/mol. The Balaban J connectivity index is 1.70. The van der Waals surface area contributed by atoms with Gasteiger partial charge in [0, 0.05) is 23.8 Å². The van der Waals surface area contributed by atoms with E-state index in [1.807, 2.05) is 32.9 Å². The first-order valence-corrected chi connectivity index (χ1v) is 11.8.